The van der Waals surface area contributed by atoms with E-state index in [9.17, 15) is 31.5 Å². The minimum absolute atomic E-state index is 0.0594. The highest BCUT2D eigenvalue weighted by molar-refractivity contribution is 7.87. The van der Waals surface area contributed by atoms with Gasteiger partial charge in [0.1, 0.15) is 18.3 Å². The average molecular weight is 535 g/mol. The van der Waals surface area contributed by atoms with Crippen LogP contribution in [0.3, 0.4) is 0 Å². The largest absolute Gasteiger partial charge is 0.523 e. The molecule has 1 fully saturated rings. The second-order valence-electron chi connectivity index (χ2n) is 7.86. The van der Waals surface area contributed by atoms with E-state index in [0.29, 0.717) is 5.56 Å². The van der Waals surface area contributed by atoms with Gasteiger partial charge in [0.15, 0.2) is 12.4 Å². The number of ether oxygens (including phenoxy) is 4. The molecule has 13 heteroatoms. The molecule has 198 valence electrons. The lowest BCUT2D eigenvalue weighted by molar-refractivity contribution is -0.298. The van der Waals surface area contributed by atoms with Gasteiger partial charge in [-0.3, -0.25) is 8.98 Å². The van der Waals surface area contributed by atoms with Crippen LogP contribution in [0, 0.1) is 0 Å². The van der Waals surface area contributed by atoms with Crippen molar-refractivity contribution in [3.8, 4) is 0 Å². The molecule has 0 amide bonds. The van der Waals surface area contributed by atoms with E-state index < -0.39 is 52.3 Å². The molecule has 5 atom stereocenters. The SMILES string of the molecule is CC(=O)O[C@@H]1[C@H](OS(=O)(=O)C(F)(F)F)[C@@H](OCc2ccccc2)[C@@H](O)O[C@@H]1COCc1ccccc1. The molecule has 1 saturated heterocycles. The summed E-state index contributed by atoms with van der Waals surface area (Å²) in [5.41, 5.74) is -4.45. The van der Waals surface area contributed by atoms with Gasteiger partial charge < -0.3 is 24.1 Å². The van der Waals surface area contributed by atoms with Crippen molar-refractivity contribution >= 4 is 16.1 Å². The molecule has 36 heavy (non-hydrogen) atoms. The molecular formula is C23H25F3O9S. The molecular weight excluding hydrogens is 509 g/mol. The summed E-state index contributed by atoms with van der Waals surface area (Å²) in [6, 6.07) is 17.2. The Hall–Kier alpha value is -2.55. The Kier molecular flexibility index (Phi) is 9.44. The first kappa shape index (κ1) is 28.0. The van der Waals surface area contributed by atoms with Gasteiger partial charge in [-0.15, -0.1) is 0 Å². The number of hydrogen-bond donors (Lipinski definition) is 1. The molecule has 2 aromatic carbocycles. The Labute approximate surface area is 205 Å². The minimum atomic E-state index is -6.17. The maximum absolute atomic E-state index is 13.2. The summed E-state index contributed by atoms with van der Waals surface area (Å²) in [6.07, 6.45) is -8.90. The van der Waals surface area contributed by atoms with E-state index in [2.05, 4.69) is 4.18 Å². The first-order chi connectivity index (χ1) is 17.0. The van der Waals surface area contributed by atoms with E-state index in [4.69, 9.17) is 18.9 Å². The highest BCUT2D eigenvalue weighted by Crippen LogP contribution is 2.33. The minimum Gasteiger partial charge on any atom is -0.457 e. The fourth-order valence-electron chi connectivity index (χ4n) is 3.48. The summed E-state index contributed by atoms with van der Waals surface area (Å²) >= 11 is 0. The Balaban J connectivity index is 1.86. The van der Waals surface area contributed by atoms with Crippen LogP contribution in [0.15, 0.2) is 60.7 Å². The summed E-state index contributed by atoms with van der Waals surface area (Å²) in [7, 11) is -6.17. The van der Waals surface area contributed by atoms with Crippen LogP contribution in [-0.2, 0) is 51.3 Å². The predicted octanol–water partition coefficient (Wildman–Crippen LogP) is 2.67. The van der Waals surface area contributed by atoms with Crippen LogP contribution >= 0.6 is 0 Å². The smallest absolute Gasteiger partial charge is 0.457 e. The van der Waals surface area contributed by atoms with Gasteiger partial charge >= 0.3 is 21.6 Å². The Morgan fingerprint density at radius 1 is 0.944 bits per heavy atom. The third kappa shape index (κ3) is 7.48. The van der Waals surface area contributed by atoms with E-state index in [1.165, 1.54) is 0 Å². The van der Waals surface area contributed by atoms with Crippen molar-refractivity contribution < 1.29 is 54.6 Å². The van der Waals surface area contributed by atoms with Crippen LogP contribution in [0.1, 0.15) is 18.1 Å². The Bertz CT molecular complexity index is 1080. The fourth-order valence-corrected chi connectivity index (χ4v) is 4.11. The van der Waals surface area contributed by atoms with E-state index in [-0.39, 0.29) is 19.8 Å². The molecule has 0 spiro atoms. The van der Waals surface area contributed by atoms with Crippen molar-refractivity contribution in [3.05, 3.63) is 71.8 Å². The quantitative estimate of drug-likeness (QED) is 0.279. The van der Waals surface area contributed by atoms with E-state index in [1.807, 2.05) is 0 Å². The number of aliphatic hydroxyl groups is 1. The third-order valence-electron chi connectivity index (χ3n) is 5.11. The lowest BCUT2D eigenvalue weighted by atomic mass is 9.98. The third-order valence-corrected chi connectivity index (χ3v) is 6.15. The van der Waals surface area contributed by atoms with Crippen LogP contribution in [0.4, 0.5) is 13.2 Å². The summed E-state index contributed by atoms with van der Waals surface area (Å²) in [6.45, 7) is 0.424. The number of aliphatic hydroxyl groups excluding tert-OH is 1. The molecule has 0 aliphatic carbocycles. The van der Waals surface area contributed by atoms with Crippen molar-refractivity contribution in [1.82, 2.24) is 0 Å². The van der Waals surface area contributed by atoms with Crippen molar-refractivity contribution in [3.63, 3.8) is 0 Å². The van der Waals surface area contributed by atoms with Crippen molar-refractivity contribution in [2.24, 2.45) is 0 Å². The number of benzene rings is 2. The molecule has 0 unspecified atom stereocenters. The number of hydrogen-bond acceptors (Lipinski definition) is 9. The molecule has 0 radical (unpaired) electrons. The number of rotatable bonds is 10. The van der Waals surface area contributed by atoms with Gasteiger partial charge in [0.25, 0.3) is 0 Å². The number of halogens is 3. The first-order valence-electron chi connectivity index (χ1n) is 10.8. The molecule has 0 bridgehead atoms. The highest BCUT2D eigenvalue weighted by atomic mass is 32.2. The summed E-state index contributed by atoms with van der Waals surface area (Å²) in [5.74, 6) is -0.951. The van der Waals surface area contributed by atoms with Crippen LogP contribution in [-0.4, -0.2) is 62.3 Å². The van der Waals surface area contributed by atoms with Crippen molar-refractivity contribution in [2.45, 2.75) is 56.4 Å². The second-order valence-corrected chi connectivity index (χ2v) is 9.43. The first-order valence-corrected chi connectivity index (χ1v) is 12.2. The van der Waals surface area contributed by atoms with Crippen LogP contribution in [0.2, 0.25) is 0 Å². The normalized spacial score (nSPS) is 24.9. The molecule has 1 heterocycles. The lowest BCUT2D eigenvalue weighted by Gasteiger charge is -2.43. The molecule has 1 N–H and O–H groups in total. The Morgan fingerprint density at radius 3 is 2.03 bits per heavy atom. The van der Waals surface area contributed by atoms with Crippen LogP contribution in [0.25, 0.3) is 0 Å². The molecule has 1 aliphatic heterocycles. The fraction of sp³-hybridized carbons (Fsp3) is 0.435. The maximum atomic E-state index is 13.2. The average Bonchev–Trinajstić information content (AvgIpc) is 2.81. The number of carbonyl (C=O) groups excluding carboxylic acids is 1. The molecule has 1 aliphatic rings. The van der Waals surface area contributed by atoms with Crippen molar-refractivity contribution in [2.75, 3.05) is 6.61 Å². The van der Waals surface area contributed by atoms with Crippen molar-refractivity contribution in [1.29, 1.82) is 0 Å². The molecule has 3 rings (SSSR count). The lowest BCUT2D eigenvalue weighted by Crippen LogP contribution is -2.62. The zero-order valence-electron chi connectivity index (χ0n) is 19.0. The summed E-state index contributed by atoms with van der Waals surface area (Å²) in [4.78, 5) is 11.8. The zero-order valence-corrected chi connectivity index (χ0v) is 19.9. The van der Waals surface area contributed by atoms with Crippen LogP contribution < -0.4 is 0 Å². The summed E-state index contributed by atoms with van der Waals surface area (Å²) < 4.78 is 89.3. The van der Waals surface area contributed by atoms with E-state index >= 15 is 0 Å². The second kappa shape index (κ2) is 12.1. The monoisotopic (exact) mass is 534 g/mol. The van der Waals surface area contributed by atoms with Gasteiger partial charge in [0, 0.05) is 6.92 Å². The zero-order chi connectivity index (χ0) is 26.3. The predicted molar refractivity (Wildman–Crippen MR) is 117 cm³/mol. The molecule has 9 nitrogen and oxygen atoms in total. The van der Waals surface area contributed by atoms with Gasteiger partial charge in [0.05, 0.1) is 19.8 Å². The van der Waals surface area contributed by atoms with E-state index in [0.717, 1.165) is 12.5 Å². The van der Waals surface area contributed by atoms with Gasteiger partial charge in [-0.05, 0) is 11.1 Å². The molecule has 2 aromatic rings. The van der Waals surface area contributed by atoms with Gasteiger partial charge in [-0.25, -0.2) is 0 Å². The van der Waals surface area contributed by atoms with Gasteiger partial charge in [0.2, 0.25) is 0 Å². The molecule has 0 aromatic heterocycles. The highest BCUT2D eigenvalue weighted by Gasteiger charge is 2.56. The summed E-state index contributed by atoms with van der Waals surface area (Å²) in [5, 5.41) is 10.6. The molecule has 0 saturated carbocycles. The van der Waals surface area contributed by atoms with Gasteiger partial charge in [-0.2, -0.15) is 21.6 Å². The van der Waals surface area contributed by atoms with Crippen LogP contribution in [0.5, 0.6) is 0 Å². The topological polar surface area (TPSA) is 118 Å². The Morgan fingerprint density at radius 2 is 1.50 bits per heavy atom. The number of carbonyl (C=O) groups is 1. The standard InChI is InChI=1S/C23H25F3O9S/c1-15(27)33-19-18(14-31-12-16-8-4-2-5-9-16)34-22(28)21(32-13-17-10-6-3-7-11-17)20(19)35-36(29,30)23(24,25)26/h2-11,18-22,28H,12-14H2,1H3/t18-,19+,20+,21-,22+/m1/s1. The number of esters is 1. The number of alkyl halides is 3. The van der Waals surface area contributed by atoms with E-state index in [1.54, 1.807) is 60.7 Å². The van der Waals surface area contributed by atoms with Gasteiger partial charge in [-0.1, -0.05) is 60.7 Å². The maximum Gasteiger partial charge on any atom is 0.523 e.